The molecule has 0 amide bonds. The van der Waals surface area contributed by atoms with Gasteiger partial charge in [0, 0.05) is 30.3 Å². The summed E-state index contributed by atoms with van der Waals surface area (Å²) in [6.07, 6.45) is 0. The number of nitro benzene ring substituents is 8. The van der Waals surface area contributed by atoms with Crippen LogP contribution in [0.4, 0.5) is 45.5 Å². The summed E-state index contributed by atoms with van der Waals surface area (Å²) in [5.41, 5.74) is -2.65. The first kappa shape index (κ1) is 56.2. The van der Waals surface area contributed by atoms with E-state index in [9.17, 15) is 86.0 Å². The molecule has 80 heavy (non-hydrogen) atoms. The fourth-order valence-electron chi connectivity index (χ4n) is 7.58. The summed E-state index contributed by atoms with van der Waals surface area (Å²) in [4.78, 5) is 85.8. The second kappa shape index (κ2) is 24.9. The first-order valence-corrected chi connectivity index (χ1v) is 22.6. The Morgan fingerprint density at radius 1 is 0.275 bits per heavy atom. The topological polar surface area (TPSA) is 421 Å². The average Bonchev–Trinajstić information content (AvgIpc) is 3.45. The summed E-state index contributed by atoms with van der Waals surface area (Å²) in [6.45, 7) is -2.47. The lowest BCUT2D eigenvalue weighted by molar-refractivity contribution is -0.395. The van der Waals surface area contributed by atoms with E-state index in [0.29, 0.717) is 38.9 Å². The number of ether oxygens (including phenoxy) is 6. The van der Waals surface area contributed by atoms with Crippen LogP contribution in [0.3, 0.4) is 0 Å². The molecule has 1 N–H and O–H groups in total. The molecule has 31 nitrogen and oxygen atoms in total. The highest BCUT2D eigenvalue weighted by Crippen LogP contribution is 2.36. The number of hydrogen-bond acceptors (Lipinski definition) is 23. The van der Waals surface area contributed by atoms with Crippen molar-refractivity contribution in [2.45, 2.75) is 46.2 Å². The number of rotatable bonds is 27. The number of aliphatic hydroxyl groups excluding tert-OH is 1. The highest BCUT2D eigenvalue weighted by molar-refractivity contribution is 5.56. The van der Waals surface area contributed by atoms with Crippen LogP contribution in [-0.2, 0) is 46.2 Å². The molecule has 0 heterocycles. The molecular formula is C49H36N8O23. The van der Waals surface area contributed by atoms with Crippen LogP contribution >= 0.6 is 0 Å². The van der Waals surface area contributed by atoms with E-state index in [2.05, 4.69) is 0 Å². The highest BCUT2D eigenvalue weighted by atomic mass is 16.7. The zero-order valence-corrected chi connectivity index (χ0v) is 40.6. The molecule has 7 rings (SSSR count). The third kappa shape index (κ3) is 14.5. The van der Waals surface area contributed by atoms with Crippen LogP contribution in [0.2, 0.25) is 0 Å². The Morgan fingerprint density at radius 2 is 0.500 bits per heavy atom. The number of benzene rings is 7. The summed E-state index contributed by atoms with van der Waals surface area (Å²) in [6, 6.07) is 24.9. The standard InChI is InChI=1S/C49H36N8O23/c58-22-29-15-40(75-23-30-9-32(25-77-46-5-1-36(50(59)60)17-42(46)54(67)68)13-33(10-30)26-78-47-6-2-37(51(61)62)18-43(47)55(69)70)21-41(16-29)76-24-31-11-34(27-79-48-7-3-38(52(63)64)19-44(48)56(71)72)14-35(12-31)28-80-49-8-4-39(53(65)66)20-45(49)57(73)74/h1-21,58H,22-28H2. The number of hydrogen-bond donors (Lipinski definition) is 1. The van der Waals surface area contributed by atoms with Gasteiger partial charge >= 0.3 is 22.7 Å². The number of nitrogens with zero attached hydrogens (tertiary/aromatic N) is 8. The zero-order valence-electron chi connectivity index (χ0n) is 40.6. The summed E-state index contributed by atoms with van der Waals surface area (Å²) < 4.78 is 35.2. The van der Waals surface area contributed by atoms with Crippen LogP contribution in [0, 0.1) is 80.9 Å². The van der Waals surface area contributed by atoms with Gasteiger partial charge in [-0.2, -0.15) is 0 Å². The smallest absolute Gasteiger partial charge is 0.317 e. The van der Waals surface area contributed by atoms with Crippen molar-refractivity contribution in [1.82, 2.24) is 0 Å². The molecule has 31 heteroatoms. The summed E-state index contributed by atoms with van der Waals surface area (Å²) >= 11 is 0. The molecule has 0 saturated heterocycles. The lowest BCUT2D eigenvalue weighted by atomic mass is 10.1. The number of nitro groups is 8. The van der Waals surface area contributed by atoms with Crippen molar-refractivity contribution in [3.8, 4) is 34.5 Å². The molecule has 7 aromatic rings. The molecule has 0 aliphatic heterocycles. The Morgan fingerprint density at radius 3 is 0.700 bits per heavy atom. The molecule has 0 unspecified atom stereocenters. The Balaban J connectivity index is 1.14. The Bertz CT molecular complexity index is 3210. The molecule has 7 aromatic carbocycles. The van der Waals surface area contributed by atoms with Gasteiger partial charge in [0.2, 0.25) is 0 Å². The molecule has 0 aromatic heterocycles. The zero-order chi connectivity index (χ0) is 57.8. The van der Waals surface area contributed by atoms with Crippen molar-refractivity contribution in [2.75, 3.05) is 0 Å². The van der Waals surface area contributed by atoms with E-state index in [1.165, 1.54) is 30.3 Å². The molecule has 0 spiro atoms. The predicted molar refractivity (Wildman–Crippen MR) is 270 cm³/mol. The first-order valence-electron chi connectivity index (χ1n) is 22.6. The fraction of sp³-hybridized carbons (Fsp3) is 0.143. The van der Waals surface area contributed by atoms with Crippen molar-refractivity contribution < 1.29 is 72.9 Å². The maximum Gasteiger partial charge on any atom is 0.317 e. The molecular weight excluding hydrogens is 1070 g/mol. The molecule has 0 fully saturated rings. The molecule has 0 atom stereocenters. The number of non-ortho nitro benzene ring substituents is 4. The van der Waals surface area contributed by atoms with E-state index >= 15 is 0 Å². The highest BCUT2D eigenvalue weighted by Gasteiger charge is 2.25. The Kier molecular flexibility index (Phi) is 17.5. The van der Waals surface area contributed by atoms with Gasteiger partial charge in [-0.25, -0.2) is 0 Å². The third-order valence-corrected chi connectivity index (χ3v) is 11.1. The minimum absolute atomic E-state index is 0.139. The van der Waals surface area contributed by atoms with Crippen LogP contribution in [0.15, 0.2) is 127 Å². The Hall–Kier alpha value is -11.5. The van der Waals surface area contributed by atoms with Gasteiger partial charge < -0.3 is 33.5 Å². The number of aliphatic hydroxyl groups is 1. The minimum atomic E-state index is -0.867. The van der Waals surface area contributed by atoms with Gasteiger partial charge in [-0.05, 0) is 112 Å². The van der Waals surface area contributed by atoms with Crippen molar-refractivity contribution in [3.05, 3.63) is 247 Å². The van der Waals surface area contributed by atoms with E-state index in [1.54, 1.807) is 24.3 Å². The van der Waals surface area contributed by atoms with E-state index in [1.807, 2.05) is 0 Å². The van der Waals surface area contributed by atoms with E-state index < -0.39 is 91.5 Å². The second-order valence-electron chi connectivity index (χ2n) is 16.7. The van der Waals surface area contributed by atoms with Crippen LogP contribution in [-0.4, -0.2) is 44.5 Å². The van der Waals surface area contributed by atoms with Gasteiger partial charge in [0.25, 0.3) is 22.7 Å². The molecule has 0 saturated carbocycles. The van der Waals surface area contributed by atoms with E-state index in [-0.39, 0.29) is 74.1 Å². The Labute approximate surface area is 445 Å². The summed E-state index contributed by atoms with van der Waals surface area (Å²) in [7, 11) is 0. The summed E-state index contributed by atoms with van der Waals surface area (Å²) in [5.74, 6) is -0.995. The molecule has 0 aliphatic carbocycles. The maximum atomic E-state index is 11.8. The lowest BCUT2D eigenvalue weighted by Gasteiger charge is -2.15. The summed E-state index contributed by atoms with van der Waals surface area (Å²) in [5, 5.41) is 103. The van der Waals surface area contributed by atoms with Gasteiger partial charge in [-0.15, -0.1) is 0 Å². The lowest BCUT2D eigenvalue weighted by Crippen LogP contribution is -2.06. The van der Waals surface area contributed by atoms with Crippen LogP contribution < -0.4 is 28.4 Å². The molecule has 0 aliphatic rings. The minimum Gasteiger partial charge on any atom is -0.489 e. The predicted octanol–water partition coefficient (Wildman–Crippen LogP) is 9.92. The average molecular weight is 1100 g/mol. The quantitative estimate of drug-likeness (QED) is 0.0369. The van der Waals surface area contributed by atoms with Gasteiger partial charge in [0.05, 0.1) is 70.3 Å². The van der Waals surface area contributed by atoms with Crippen LogP contribution in [0.25, 0.3) is 0 Å². The van der Waals surface area contributed by atoms with Gasteiger partial charge in [0.1, 0.15) is 51.1 Å². The SMILES string of the molecule is O=[N+]([O-])c1ccc(OCc2cc(COc3cc(CO)cc(OCc4cc(COc5ccc([N+](=O)[O-])cc5[N+](=O)[O-])cc(COc5ccc([N+](=O)[O-])cc5[N+](=O)[O-])c4)c3)cc(COc3ccc([N+](=O)[O-])cc3[N+](=O)[O-])c2)c([N+](=O)[O-])c1. The van der Waals surface area contributed by atoms with Crippen molar-refractivity contribution >= 4 is 45.5 Å². The van der Waals surface area contributed by atoms with Gasteiger partial charge in [0.15, 0.2) is 23.0 Å². The maximum absolute atomic E-state index is 11.8. The van der Waals surface area contributed by atoms with Gasteiger partial charge in [-0.3, -0.25) is 80.9 Å². The third-order valence-electron chi connectivity index (χ3n) is 11.1. The first-order chi connectivity index (χ1) is 38.1. The van der Waals surface area contributed by atoms with Crippen molar-refractivity contribution in [3.63, 3.8) is 0 Å². The normalized spacial score (nSPS) is 10.7. The van der Waals surface area contributed by atoms with E-state index in [0.717, 1.165) is 72.8 Å². The van der Waals surface area contributed by atoms with Crippen molar-refractivity contribution in [2.24, 2.45) is 0 Å². The second-order valence-corrected chi connectivity index (χ2v) is 16.7. The van der Waals surface area contributed by atoms with E-state index in [4.69, 9.17) is 28.4 Å². The van der Waals surface area contributed by atoms with Crippen LogP contribution in [0.5, 0.6) is 34.5 Å². The molecule has 0 radical (unpaired) electrons. The largest absolute Gasteiger partial charge is 0.489 e. The van der Waals surface area contributed by atoms with Crippen molar-refractivity contribution in [1.29, 1.82) is 0 Å². The fourth-order valence-corrected chi connectivity index (χ4v) is 7.58. The van der Waals surface area contributed by atoms with Gasteiger partial charge in [-0.1, -0.05) is 0 Å². The van der Waals surface area contributed by atoms with Crippen LogP contribution in [0.1, 0.15) is 38.9 Å². The molecule has 410 valence electrons. The monoisotopic (exact) mass is 1100 g/mol. The molecule has 0 bridgehead atoms.